The molecule has 0 amide bonds. The van der Waals surface area contributed by atoms with Gasteiger partial charge in [0.25, 0.3) is 0 Å². The SMILES string of the molecule is CCS(=O)(=O)CC(C)NC(C)c1ccc(OC)c(F)c1. The van der Waals surface area contributed by atoms with Crippen LogP contribution in [0.15, 0.2) is 18.2 Å². The molecular weight excluding hydrogens is 281 g/mol. The molecule has 0 saturated carbocycles. The molecule has 0 radical (unpaired) electrons. The number of methoxy groups -OCH3 is 1. The predicted octanol–water partition coefficient (Wildman–Crippen LogP) is 2.31. The maximum Gasteiger partial charge on any atom is 0.165 e. The largest absolute Gasteiger partial charge is 0.494 e. The van der Waals surface area contributed by atoms with E-state index in [0.29, 0.717) is 0 Å². The van der Waals surface area contributed by atoms with Crippen molar-refractivity contribution in [3.8, 4) is 5.75 Å². The molecule has 1 aromatic carbocycles. The van der Waals surface area contributed by atoms with Crippen molar-refractivity contribution < 1.29 is 17.5 Å². The molecule has 0 aliphatic heterocycles. The van der Waals surface area contributed by atoms with Crippen molar-refractivity contribution in [2.24, 2.45) is 0 Å². The van der Waals surface area contributed by atoms with E-state index in [9.17, 15) is 12.8 Å². The first kappa shape index (κ1) is 16.9. The Morgan fingerprint density at radius 1 is 1.35 bits per heavy atom. The molecule has 0 saturated heterocycles. The van der Waals surface area contributed by atoms with Crippen LogP contribution in [0.3, 0.4) is 0 Å². The van der Waals surface area contributed by atoms with E-state index in [1.165, 1.54) is 13.2 Å². The monoisotopic (exact) mass is 303 g/mol. The minimum absolute atomic E-state index is 0.0759. The third kappa shape index (κ3) is 4.76. The summed E-state index contributed by atoms with van der Waals surface area (Å²) in [6.45, 7) is 5.31. The summed E-state index contributed by atoms with van der Waals surface area (Å²) in [5.74, 6) is -0.0214. The molecule has 0 aliphatic carbocycles. The number of rotatable bonds is 7. The number of hydrogen-bond donors (Lipinski definition) is 1. The van der Waals surface area contributed by atoms with E-state index < -0.39 is 15.7 Å². The average Bonchev–Trinajstić information content (AvgIpc) is 2.37. The van der Waals surface area contributed by atoms with Gasteiger partial charge in [0.15, 0.2) is 21.4 Å². The van der Waals surface area contributed by atoms with Crippen LogP contribution in [0.2, 0.25) is 0 Å². The Bertz CT molecular complexity index is 545. The Labute approximate surface area is 120 Å². The molecule has 1 aromatic rings. The molecule has 4 nitrogen and oxygen atoms in total. The van der Waals surface area contributed by atoms with Crippen molar-refractivity contribution in [2.75, 3.05) is 18.6 Å². The Hall–Kier alpha value is -1.14. The molecule has 0 bridgehead atoms. The van der Waals surface area contributed by atoms with Crippen molar-refractivity contribution in [2.45, 2.75) is 32.9 Å². The number of benzene rings is 1. The van der Waals surface area contributed by atoms with Gasteiger partial charge >= 0.3 is 0 Å². The van der Waals surface area contributed by atoms with Crippen LogP contribution >= 0.6 is 0 Å². The van der Waals surface area contributed by atoms with E-state index in [4.69, 9.17) is 4.74 Å². The number of nitrogens with one attached hydrogen (secondary N) is 1. The lowest BCUT2D eigenvalue weighted by Crippen LogP contribution is -2.35. The summed E-state index contributed by atoms with van der Waals surface area (Å²) >= 11 is 0. The van der Waals surface area contributed by atoms with Gasteiger partial charge in [0.05, 0.1) is 12.9 Å². The molecule has 6 heteroatoms. The molecule has 0 aliphatic rings. The highest BCUT2D eigenvalue weighted by Crippen LogP contribution is 2.22. The van der Waals surface area contributed by atoms with Crippen LogP contribution in [0.4, 0.5) is 4.39 Å². The van der Waals surface area contributed by atoms with Gasteiger partial charge < -0.3 is 10.1 Å². The van der Waals surface area contributed by atoms with E-state index >= 15 is 0 Å². The van der Waals surface area contributed by atoms with Crippen LogP contribution in [0, 0.1) is 5.82 Å². The van der Waals surface area contributed by atoms with Crippen LogP contribution < -0.4 is 10.1 Å². The number of halogens is 1. The van der Waals surface area contributed by atoms with Gasteiger partial charge in [-0.3, -0.25) is 0 Å². The highest BCUT2D eigenvalue weighted by Gasteiger charge is 2.17. The van der Waals surface area contributed by atoms with Crippen LogP contribution in [0.5, 0.6) is 5.75 Å². The molecule has 1 rings (SSSR count). The fourth-order valence-corrected chi connectivity index (χ4v) is 3.12. The fourth-order valence-electron chi connectivity index (χ4n) is 2.02. The second-order valence-electron chi connectivity index (χ2n) is 4.88. The van der Waals surface area contributed by atoms with Gasteiger partial charge in [0, 0.05) is 17.8 Å². The Kier molecular flexibility index (Phi) is 5.95. The third-order valence-corrected chi connectivity index (χ3v) is 5.04. The summed E-state index contributed by atoms with van der Waals surface area (Å²) in [4.78, 5) is 0. The average molecular weight is 303 g/mol. The van der Waals surface area contributed by atoms with Gasteiger partial charge in [-0.1, -0.05) is 13.0 Å². The molecule has 114 valence electrons. The zero-order valence-corrected chi connectivity index (χ0v) is 13.1. The highest BCUT2D eigenvalue weighted by molar-refractivity contribution is 7.91. The minimum Gasteiger partial charge on any atom is -0.494 e. The van der Waals surface area contributed by atoms with Gasteiger partial charge in [-0.15, -0.1) is 0 Å². The van der Waals surface area contributed by atoms with E-state index in [2.05, 4.69) is 5.32 Å². The Morgan fingerprint density at radius 3 is 2.50 bits per heavy atom. The van der Waals surface area contributed by atoms with Crippen molar-refractivity contribution >= 4 is 9.84 Å². The first-order valence-corrected chi connectivity index (χ1v) is 8.41. The van der Waals surface area contributed by atoms with Crippen LogP contribution in [-0.4, -0.2) is 33.1 Å². The van der Waals surface area contributed by atoms with Gasteiger partial charge in [0.1, 0.15) is 0 Å². The molecule has 2 atom stereocenters. The minimum atomic E-state index is -3.02. The number of hydrogen-bond acceptors (Lipinski definition) is 4. The van der Waals surface area contributed by atoms with Crippen LogP contribution in [0.1, 0.15) is 32.4 Å². The normalized spacial score (nSPS) is 14.8. The summed E-state index contributed by atoms with van der Waals surface area (Å²) in [7, 11) is -1.61. The summed E-state index contributed by atoms with van der Waals surface area (Å²) in [6.07, 6.45) is 0. The zero-order valence-electron chi connectivity index (χ0n) is 12.3. The maximum absolute atomic E-state index is 13.6. The second-order valence-corrected chi connectivity index (χ2v) is 7.28. The molecule has 0 aromatic heterocycles. The van der Waals surface area contributed by atoms with Crippen molar-refractivity contribution in [3.63, 3.8) is 0 Å². The van der Waals surface area contributed by atoms with Crippen molar-refractivity contribution in [3.05, 3.63) is 29.6 Å². The predicted molar refractivity (Wildman–Crippen MR) is 78.3 cm³/mol. The molecule has 20 heavy (non-hydrogen) atoms. The van der Waals surface area contributed by atoms with E-state index in [0.717, 1.165) is 5.56 Å². The fraction of sp³-hybridized carbons (Fsp3) is 0.571. The lowest BCUT2D eigenvalue weighted by atomic mass is 10.1. The molecule has 1 N–H and O–H groups in total. The van der Waals surface area contributed by atoms with Crippen LogP contribution in [0.25, 0.3) is 0 Å². The van der Waals surface area contributed by atoms with Gasteiger partial charge in [-0.05, 0) is 31.5 Å². The number of ether oxygens (including phenoxy) is 1. The van der Waals surface area contributed by atoms with Crippen LogP contribution in [-0.2, 0) is 9.84 Å². The highest BCUT2D eigenvalue weighted by atomic mass is 32.2. The molecular formula is C14H22FNO3S. The van der Waals surface area contributed by atoms with Crippen molar-refractivity contribution in [1.82, 2.24) is 5.32 Å². The smallest absolute Gasteiger partial charge is 0.165 e. The topological polar surface area (TPSA) is 55.4 Å². The van der Waals surface area contributed by atoms with Gasteiger partial charge in [-0.25, -0.2) is 12.8 Å². The molecule has 0 heterocycles. The van der Waals surface area contributed by atoms with E-state index in [-0.39, 0.29) is 29.3 Å². The van der Waals surface area contributed by atoms with E-state index in [1.807, 2.05) is 13.8 Å². The first-order valence-electron chi connectivity index (χ1n) is 6.59. The quantitative estimate of drug-likeness (QED) is 0.840. The first-order chi connectivity index (χ1) is 9.29. The van der Waals surface area contributed by atoms with E-state index in [1.54, 1.807) is 19.1 Å². The summed E-state index contributed by atoms with van der Waals surface area (Å²) in [6, 6.07) is 4.40. The lowest BCUT2D eigenvalue weighted by Gasteiger charge is -2.20. The molecule has 2 unspecified atom stereocenters. The second kappa shape index (κ2) is 7.04. The summed E-state index contributed by atoms with van der Waals surface area (Å²) < 4.78 is 41.6. The maximum atomic E-state index is 13.6. The Balaban J connectivity index is 2.71. The third-order valence-electron chi connectivity index (χ3n) is 3.15. The van der Waals surface area contributed by atoms with Crippen molar-refractivity contribution in [1.29, 1.82) is 0 Å². The molecule has 0 spiro atoms. The zero-order chi connectivity index (χ0) is 15.3. The summed E-state index contributed by atoms with van der Waals surface area (Å²) in [5.41, 5.74) is 0.754. The molecule has 0 fully saturated rings. The van der Waals surface area contributed by atoms with Gasteiger partial charge in [-0.2, -0.15) is 0 Å². The number of sulfone groups is 1. The van der Waals surface area contributed by atoms with Gasteiger partial charge in [0.2, 0.25) is 0 Å². The summed E-state index contributed by atoms with van der Waals surface area (Å²) in [5, 5.41) is 3.16. The standard InChI is InChI=1S/C14H22FNO3S/c1-5-20(17,18)9-10(2)16-11(3)12-6-7-14(19-4)13(15)8-12/h6-8,10-11,16H,5,9H2,1-4H3. The Morgan fingerprint density at radius 2 is 2.00 bits per heavy atom. The lowest BCUT2D eigenvalue weighted by molar-refractivity contribution is 0.385.